The summed E-state index contributed by atoms with van der Waals surface area (Å²) >= 11 is 13.1. The smallest absolute Gasteiger partial charge is 0.286 e. The Hall–Kier alpha value is -0.380. The van der Waals surface area contributed by atoms with E-state index in [1.807, 2.05) is 17.0 Å². The summed E-state index contributed by atoms with van der Waals surface area (Å²) in [4.78, 5) is 15.3. The van der Waals surface area contributed by atoms with Gasteiger partial charge in [-0.3, -0.25) is 4.79 Å². The molecule has 0 aliphatic heterocycles. The summed E-state index contributed by atoms with van der Waals surface area (Å²) < 4.78 is 0. The van der Waals surface area contributed by atoms with Crippen LogP contribution >= 0.6 is 35.0 Å². The molecule has 1 aromatic carbocycles. The van der Waals surface area contributed by atoms with Gasteiger partial charge in [0.25, 0.3) is 5.24 Å². The molecule has 0 fully saturated rings. The fourth-order valence-corrected chi connectivity index (χ4v) is 3.16. The summed E-state index contributed by atoms with van der Waals surface area (Å²) in [5.74, 6) is 0.414. The van der Waals surface area contributed by atoms with Gasteiger partial charge < -0.3 is 4.90 Å². The van der Waals surface area contributed by atoms with E-state index in [4.69, 9.17) is 23.2 Å². The first-order valence-corrected chi connectivity index (χ1v) is 9.84. The highest BCUT2D eigenvalue weighted by Gasteiger charge is 2.17. The van der Waals surface area contributed by atoms with E-state index in [9.17, 15) is 4.79 Å². The molecule has 0 bridgehead atoms. The van der Waals surface area contributed by atoms with Crippen molar-refractivity contribution >= 4 is 40.2 Å². The van der Waals surface area contributed by atoms with Crippen LogP contribution in [0.4, 0.5) is 4.79 Å². The monoisotopic (exact) mass is 375 g/mol. The van der Waals surface area contributed by atoms with Gasteiger partial charge in [-0.1, -0.05) is 39.8 Å². The molecule has 0 heterocycles. The van der Waals surface area contributed by atoms with E-state index in [1.54, 1.807) is 0 Å². The van der Waals surface area contributed by atoms with E-state index < -0.39 is 0 Å². The maximum Gasteiger partial charge on any atom is 0.286 e. The average Bonchev–Trinajstić information content (AvgIpc) is 2.50. The minimum Gasteiger partial charge on any atom is -0.333 e. The minimum absolute atomic E-state index is 0.0776. The third-order valence-electron chi connectivity index (χ3n) is 3.56. The average molecular weight is 376 g/mol. The van der Waals surface area contributed by atoms with Crippen LogP contribution in [0.3, 0.4) is 0 Å². The third-order valence-corrected chi connectivity index (χ3v) is 5.40. The number of thioether (sulfide) groups is 1. The van der Waals surface area contributed by atoms with Gasteiger partial charge in [0.15, 0.2) is 0 Å². The largest absolute Gasteiger partial charge is 0.333 e. The second-order valence-electron chi connectivity index (χ2n) is 6.67. The molecule has 0 N–H and O–H groups in total. The van der Waals surface area contributed by atoms with Gasteiger partial charge >= 0.3 is 0 Å². The molecular weight excluding hydrogens is 349 g/mol. The number of hydrogen-bond acceptors (Lipinski definition) is 2. The Kier molecular flexibility index (Phi) is 8.81. The summed E-state index contributed by atoms with van der Waals surface area (Å²) in [7, 11) is 0. The number of nitrogens with zero attached hydrogens (tertiary/aromatic N) is 1. The number of hydrogen-bond donors (Lipinski definition) is 0. The second kappa shape index (κ2) is 9.80. The molecule has 0 aromatic heterocycles. The molecule has 130 valence electrons. The lowest BCUT2D eigenvalue weighted by molar-refractivity contribution is 0.222. The van der Waals surface area contributed by atoms with Crippen molar-refractivity contribution in [3.8, 4) is 0 Å². The number of carbonyl (C=O) groups is 1. The van der Waals surface area contributed by atoms with Crippen LogP contribution in [-0.4, -0.2) is 34.5 Å². The van der Waals surface area contributed by atoms with Crippen LogP contribution < -0.4 is 0 Å². The van der Waals surface area contributed by atoms with Crippen LogP contribution in [0.15, 0.2) is 29.2 Å². The first-order chi connectivity index (χ1) is 10.8. The Labute approximate surface area is 154 Å². The highest BCUT2D eigenvalue weighted by atomic mass is 35.5. The van der Waals surface area contributed by atoms with E-state index in [1.165, 1.54) is 17.3 Å². The number of benzene rings is 1. The van der Waals surface area contributed by atoms with E-state index >= 15 is 0 Å². The molecule has 1 aromatic rings. The van der Waals surface area contributed by atoms with E-state index in [2.05, 4.69) is 39.8 Å². The zero-order valence-corrected chi connectivity index (χ0v) is 16.8. The van der Waals surface area contributed by atoms with Crippen molar-refractivity contribution in [1.29, 1.82) is 0 Å². The van der Waals surface area contributed by atoms with Crippen LogP contribution in [0.25, 0.3) is 0 Å². The van der Waals surface area contributed by atoms with Crippen molar-refractivity contribution in [3.63, 3.8) is 0 Å². The number of amides is 1. The van der Waals surface area contributed by atoms with Gasteiger partial charge in [0.05, 0.1) is 0 Å². The van der Waals surface area contributed by atoms with Crippen molar-refractivity contribution in [1.82, 2.24) is 4.90 Å². The summed E-state index contributed by atoms with van der Waals surface area (Å²) in [6.45, 7) is 10.0. The molecule has 0 saturated carbocycles. The maximum absolute atomic E-state index is 12.5. The van der Waals surface area contributed by atoms with E-state index in [0.29, 0.717) is 12.4 Å². The summed E-state index contributed by atoms with van der Waals surface area (Å²) in [5, 5.41) is -0.00584. The van der Waals surface area contributed by atoms with Gasteiger partial charge in [-0.2, -0.15) is 0 Å². The summed E-state index contributed by atoms with van der Waals surface area (Å²) in [6.07, 6.45) is 1.66. The zero-order chi connectivity index (χ0) is 17.5. The van der Waals surface area contributed by atoms with Crippen molar-refractivity contribution in [2.45, 2.75) is 56.2 Å². The van der Waals surface area contributed by atoms with Crippen LogP contribution in [-0.2, 0) is 5.41 Å². The standard InChI is InChI=1S/C18H27Cl2NOS/c1-5-11-21(12-10-15(20)13-19)17(22)23-16-8-6-14(7-9-16)18(2,3)4/h6-9,15H,5,10-13H2,1-4H3. The van der Waals surface area contributed by atoms with Gasteiger partial charge in [-0.25, -0.2) is 0 Å². The van der Waals surface area contributed by atoms with E-state index in [0.717, 1.165) is 24.3 Å². The van der Waals surface area contributed by atoms with Crippen LogP contribution in [0.5, 0.6) is 0 Å². The van der Waals surface area contributed by atoms with Gasteiger partial charge in [0.1, 0.15) is 0 Å². The maximum atomic E-state index is 12.5. The highest BCUT2D eigenvalue weighted by Crippen LogP contribution is 2.27. The predicted octanol–water partition coefficient (Wildman–Crippen LogP) is 6.14. The molecule has 2 nitrogen and oxygen atoms in total. The molecule has 23 heavy (non-hydrogen) atoms. The Balaban J connectivity index is 2.66. The van der Waals surface area contributed by atoms with Crippen molar-refractivity contribution in [2.24, 2.45) is 0 Å². The Morgan fingerprint density at radius 1 is 1.22 bits per heavy atom. The SMILES string of the molecule is CCCN(CCC(Cl)CCl)C(=O)Sc1ccc(C(C)(C)C)cc1. The summed E-state index contributed by atoms with van der Waals surface area (Å²) in [6, 6.07) is 8.25. The Morgan fingerprint density at radius 2 is 1.83 bits per heavy atom. The Bertz CT molecular complexity index is 485. The summed E-state index contributed by atoms with van der Waals surface area (Å²) in [5.41, 5.74) is 1.39. The lowest BCUT2D eigenvalue weighted by Gasteiger charge is -2.23. The molecule has 0 aliphatic carbocycles. The van der Waals surface area contributed by atoms with Gasteiger partial charge in [0, 0.05) is 29.2 Å². The number of carbonyl (C=O) groups excluding carboxylic acids is 1. The lowest BCUT2D eigenvalue weighted by Crippen LogP contribution is -2.31. The van der Waals surface area contributed by atoms with Crippen molar-refractivity contribution < 1.29 is 4.79 Å². The molecule has 1 unspecified atom stereocenters. The fraction of sp³-hybridized carbons (Fsp3) is 0.611. The minimum atomic E-state index is -0.0834. The van der Waals surface area contributed by atoms with E-state index in [-0.39, 0.29) is 16.0 Å². The zero-order valence-electron chi connectivity index (χ0n) is 14.4. The van der Waals surface area contributed by atoms with Gasteiger partial charge in [0.2, 0.25) is 0 Å². The molecule has 0 saturated heterocycles. The molecule has 0 aliphatic rings. The van der Waals surface area contributed by atoms with Gasteiger partial charge in [-0.05, 0) is 47.7 Å². The topological polar surface area (TPSA) is 20.3 Å². The van der Waals surface area contributed by atoms with Crippen molar-refractivity contribution in [3.05, 3.63) is 29.8 Å². The van der Waals surface area contributed by atoms with Crippen LogP contribution in [0.2, 0.25) is 0 Å². The quantitative estimate of drug-likeness (QED) is 0.420. The molecule has 0 radical (unpaired) electrons. The second-order valence-corrected chi connectivity index (χ2v) is 8.62. The van der Waals surface area contributed by atoms with Crippen LogP contribution in [0.1, 0.15) is 46.1 Å². The first kappa shape index (κ1) is 20.7. The van der Waals surface area contributed by atoms with Crippen molar-refractivity contribution in [2.75, 3.05) is 19.0 Å². The number of rotatable bonds is 7. The predicted molar refractivity (Wildman–Crippen MR) is 103 cm³/mol. The highest BCUT2D eigenvalue weighted by molar-refractivity contribution is 8.13. The normalized spacial score (nSPS) is 13.0. The Morgan fingerprint density at radius 3 is 2.30 bits per heavy atom. The molecule has 1 rings (SSSR count). The van der Waals surface area contributed by atoms with Gasteiger partial charge in [-0.15, -0.1) is 23.2 Å². The third kappa shape index (κ3) is 7.36. The fourth-order valence-electron chi connectivity index (χ4n) is 2.13. The molecule has 5 heteroatoms. The number of alkyl halides is 2. The molecule has 1 atom stereocenters. The molecule has 1 amide bonds. The molecule has 0 spiro atoms. The molecular formula is C18H27Cl2NOS. The number of halogens is 2. The lowest BCUT2D eigenvalue weighted by atomic mass is 9.87. The van der Waals surface area contributed by atoms with Crippen LogP contribution in [0, 0.1) is 0 Å². The first-order valence-electron chi connectivity index (χ1n) is 8.05.